The highest BCUT2D eigenvalue weighted by molar-refractivity contribution is 5.91. The standard InChI is InChI=1S/C13H14F3NO3/c14-13(15,16)11-4-3-8(6-10(11)12(18)19)17-9-2-1-5-20-7-9/h3-4,6,9,17H,1-2,5,7H2,(H,18,19). The van der Waals surface area contributed by atoms with Crippen LogP contribution >= 0.6 is 0 Å². The van der Waals surface area contributed by atoms with E-state index in [1.165, 1.54) is 6.07 Å². The van der Waals surface area contributed by atoms with Crippen molar-refractivity contribution >= 4 is 11.7 Å². The molecule has 20 heavy (non-hydrogen) atoms. The molecule has 2 rings (SSSR count). The van der Waals surface area contributed by atoms with Gasteiger partial charge in [0.25, 0.3) is 0 Å². The average molecular weight is 289 g/mol. The molecular formula is C13H14F3NO3. The van der Waals surface area contributed by atoms with Crippen LogP contribution in [0.1, 0.15) is 28.8 Å². The van der Waals surface area contributed by atoms with Crippen molar-refractivity contribution in [3.8, 4) is 0 Å². The molecule has 1 aliphatic rings. The molecule has 1 aromatic carbocycles. The van der Waals surface area contributed by atoms with Gasteiger partial charge in [0.05, 0.1) is 17.7 Å². The van der Waals surface area contributed by atoms with E-state index in [0.29, 0.717) is 18.9 Å². The highest BCUT2D eigenvalue weighted by Gasteiger charge is 2.35. The number of hydrogen-bond donors (Lipinski definition) is 2. The number of benzene rings is 1. The molecule has 1 aromatic rings. The van der Waals surface area contributed by atoms with E-state index in [4.69, 9.17) is 9.84 Å². The van der Waals surface area contributed by atoms with E-state index in [2.05, 4.69) is 5.32 Å². The number of nitrogens with one attached hydrogen (secondary N) is 1. The Labute approximate surface area is 113 Å². The van der Waals surface area contributed by atoms with Crippen LogP contribution in [-0.2, 0) is 10.9 Å². The number of hydrogen-bond acceptors (Lipinski definition) is 3. The Morgan fingerprint density at radius 1 is 1.40 bits per heavy atom. The van der Waals surface area contributed by atoms with Crippen molar-refractivity contribution in [2.45, 2.75) is 25.1 Å². The Morgan fingerprint density at radius 2 is 2.15 bits per heavy atom. The highest BCUT2D eigenvalue weighted by atomic mass is 19.4. The van der Waals surface area contributed by atoms with Gasteiger partial charge in [0, 0.05) is 18.3 Å². The number of alkyl halides is 3. The number of carboxylic acids is 1. The number of anilines is 1. The molecule has 1 unspecified atom stereocenters. The van der Waals surface area contributed by atoms with Crippen molar-refractivity contribution in [3.05, 3.63) is 29.3 Å². The van der Waals surface area contributed by atoms with Gasteiger partial charge in [-0.05, 0) is 31.0 Å². The van der Waals surface area contributed by atoms with Crippen LogP contribution in [0.25, 0.3) is 0 Å². The van der Waals surface area contributed by atoms with E-state index in [0.717, 1.165) is 25.0 Å². The lowest BCUT2D eigenvalue weighted by Gasteiger charge is -2.24. The fourth-order valence-electron chi connectivity index (χ4n) is 2.15. The van der Waals surface area contributed by atoms with Crippen molar-refractivity contribution in [3.63, 3.8) is 0 Å². The van der Waals surface area contributed by atoms with Crippen LogP contribution < -0.4 is 5.32 Å². The molecule has 0 bridgehead atoms. The fourth-order valence-corrected chi connectivity index (χ4v) is 2.15. The molecule has 1 aliphatic heterocycles. The molecule has 1 heterocycles. The van der Waals surface area contributed by atoms with E-state index < -0.39 is 23.3 Å². The summed E-state index contributed by atoms with van der Waals surface area (Å²) in [5.74, 6) is -1.60. The van der Waals surface area contributed by atoms with Crippen molar-refractivity contribution < 1.29 is 27.8 Å². The Hall–Kier alpha value is -1.76. The lowest BCUT2D eigenvalue weighted by atomic mass is 10.0. The summed E-state index contributed by atoms with van der Waals surface area (Å²) in [5, 5.41) is 11.9. The molecule has 4 nitrogen and oxygen atoms in total. The summed E-state index contributed by atoms with van der Waals surface area (Å²) in [6.45, 7) is 1.13. The fraction of sp³-hybridized carbons (Fsp3) is 0.462. The Bertz CT molecular complexity index is 496. The summed E-state index contributed by atoms with van der Waals surface area (Å²) in [6.07, 6.45) is -2.98. The van der Waals surface area contributed by atoms with Crippen LogP contribution in [-0.4, -0.2) is 30.3 Å². The lowest BCUT2D eigenvalue weighted by Crippen LogP contribution is -2.30. The molecule has 1 saturated heterocycles. The quantitative estimate of drug-likeness (QED) is 0.898. The second kappa shape index (κ2) is 5.70. The topological polar surface area (TPSA) is 58.6 Å². The first-order chi connectivity index (χ1) is 9.38. The van der Waals surface area contributed by atoms with Crippen LogP contribution in [0.15, 0.2) is 18.2 Å². The monoisotopic (exact) mass is 289 g/mol. The smallest absolute Gasteiger partial charge is 0.417 e. The SMILES string of the molecule is O=C(O)c1cc(NC2CCCOC2)ccc1C(F)(F)F. The first-order valence-electron chi connectivity index (χ1n) is 6.17. The predicted octanol–water partition coefficient (Wildman–Crippen LogP) is 2.99. The zero-order chi connectivity index (χ0) is 14.8. The first kappa shape index (κ1) is 14.6. The molecule has 110 valence electrons. The van der Waals surface area contributed by atoms with Crippen LogP contribution in [0.4, 0.5) is 18.9 Å². The summed E-state index contributed by atoms with van der Waals surface area (Å²) >= 11 is 0. The molecule has 0 saturated carbocycles. The Kier molecular flexibility index (Phi) is 4.17. The maximum atomic E-state index is 12.7. The number of carboxylic acid groups (broad SMARTS) is 1. The maximum absolute atomic E-state index is 12.7. The Morgan fingerprint density at radius 3 is 2.70 bits per heavy atom. The van der Waals surface area contributed by atoms with Crippen molar-refractivity contribution in [1.29, 1.82) is 0 Å². The van der Waals surface area contributed by atoms with Crippen LogP contribution in [0.3, 0.4) is 0 Å². The van der Waals surface area contributed by atoms with Gasteiger partial charge in [-0.15, -0.1) is 0 Å². The number of halogens is 3. The molecule has 0 radical (unpaired) electrons. The minimum Gasteiger partial charge on any atom is -0.478 e. The van der Waals surface area contributed by atoms with Gasteiger partial charge in [-0.2, -0.15) is 13.2 Å². The third kappa shape index (κ3) is 3.41. The van der Waals surface area contributed by atoms with Gasteiger partial charge >= 0.3 is 12.1 Å². The van der Waals surface area contributed by atoms with Gasteiger partial charge in [-0.3, -0.25) is 0 Å². The minimum absolute atomic E-state index is 0.0119. The summed E-state index contributed by atoms with van der Waals surface area (Å²) in [7, 11) is 0. The summed E-state index contributed by atoms with van der Waals surface area (Å²) in [4.78, 5) is 11.0. The number of rotatable bonds is 3. The maximum Gasteiger partial charge on any atom is 0.417 e. The van der Waals surface area contributed by atoms with Crippen molar-refractivity contribution in [2.24, 2.45) is 0 Å². The third-order valence-electron chi connectivity index (χ3n) is 3.09. The predicted molar refractivity (Wildman–Crippen MR) is 65.9 cm³/mol. The normalized spacial score (nSPS) is 19.6. The number of aromatic carboxylic acids is 1. The number of ether oxygens (including phenoxy) is 1. The zero-order valence-corrected chi connectivity index (χ0v) is 10.5. The molecule has 2 N–H and O–H groups in total. The van der Waals surface area contributed by atoms with Crippen LogP contribution in [0.2, 0.25) is 0 Å². The highest BCUT2D eigenvalue weighted by Crippen LogP contribution is 2.33. The van der Waals surface area contributed by atoms with E-state index >= 15 is 0 Å². The summed E-state index contributed by atoms with van der Waals surface area (Å²) < 4.78 is 43.3. The molecular weight excluding hydrogens is 275 g/mol. The molecule has 0 amide bonds. The van der Waals surface area contributed by atoms with Crippen molar-refractivity contribution in [1.82, 2.24) is 0 Å². The second-order valence-corrected chi connectivity index (χ2v) is 4.62. The van der Waals surface area contributed by atoms with Crippen LogP contribution in [0, 0.1) is 0 Å². The second-order valence-electron chi connectivity index (χ2n) is 4.62. The van der Waals surface area contributed by atoms with E-state index in [-0.39, 0.29) is 6.04 Å². The lowest BCUT2D eigenvalue weighted by molar-refractivity contribution is -0.138. The first-order valence-corrected chi connectivity index (χ1v) is 6.17. The van der Waals surface area contributed by atoms with Gasteiger partial charge in [-0.25, -0.2) is 4.79 Å². The summed E-state index contributed by atoms with van der Waals surface area (Å²) in [6, 6.07) is 3.03. The van der Waals surface area contributed by atoms with Gasteiger partial charge in [0.2, 0.25) is 0 Å². The molecule has 0 aliphatic carbocycles. The molecule has 7 heteroatoms. The molecule has 0 spiro atoms. The van der Waals surface area contributed by atoms with Gasteiger partial charge in [0.1, 0.15) is 0 Å². The van der Waals surface area contributed by atoms with Gasteiger partial charge < -0.3 is 15.2 Å². The average Bonchev–Trinajstić information content (AvgIpc) is 2.38. The minimum atomic E-state index is -4.68. The van der Waals surface area contributed by atoms with Crippen molar-refractivity contribution in [2.75, 3.05) is 18.5 Å². The zero-order valence-electron chi connectivity index (χ0n) is 10.5. The third-order valence-corrected chi connectivity index (χ3v) is 3.09. The summed E-state index contributed by atoms with van der Waals surface area (Å²) in [5.41, 5.74) is -1.54. The van der Waals surface area contributed by atoms with E-state index in [1.807, 2.05) is 0 Å². The molecule has 0 aromatic heterocycles. The Balaban J connectivity index is 2.23. The molecule has 1 atom stereocenters. The number of carbonyl (C=O) groups is 1. The van der Waals surface area contributed by atoms with Gasteiger partial charge in [0.15, 0.2) is 0 Å². The van der Waals surface area contributed by atoms with E-state index in [1.54, 1.807) is 0 Å². The largest absolute Gasteiger partial charge is 0.478 e. The van der Waals surface area contributed by atoms with Crippen LogP contribution in [0.5, 0.6) is 0 Å². The molecule has 1 fully saturated rings. The van der Waals surface area contributed by atoms with Gasteiger partial charge in [-0.1, -0.05) is 0 Å². The van der Waals surface area contributed by atoms with E-state index in [9.17, 15) is 18.0 Å².